The maximum absolute atomic E-state index is 13.5. The number of benzene rings is 1. The van der Waals surface area contributed by atoms with Gasteiger partial charge in [0, 0.05) is 25.6 Å². The van der Waals surface area contributed by atoms with Crippen LogP contribution < -0.4 is 0 Å². The molecular weight excluding hydrogens is 292 g/mol. The van der Waals surface area contributed by atoms with Crippen molar-refractivity contribution < 1.29 is 13.5 Å². The largest absolute Gasteiger partial charge is 0.379 e. The van der Waals surface area contributed by atoms with E-state index in [1.54, 1.807) is 12.1 Å². The molecule has 8 heteroatoms. The van der Waals surface area contributed by atoms with Gasteiger partial charge in [-0.25, -0.2) is 8.78 Å². The standard InChI is InChI=1S/C14H17F2N5O/c1-14(15,16)11-3-2-4-12(9-11)21-13(17-18-19-21)10-20-5-7-22-8-6-20/h2-4,9H,5-8,10H2,1H3. The summed E-state index contributed by atoms with van der Waals surface area (Å²) < 4.78 is 33.7. The van der Waals surface area contributed by atoms with E-state index in [1.807, 2.05) is 0 Å². The first kappa shape index (κ1) is 15.0. The van der Waals surface area contributed by atoms with Crippen molar-refractivity contribution in [2.75, 3.05) is 26.3 Å². The molecule has 0 amide bonds. The van der Waals surface area contributed by atoms with Crippen LogP contribution in [0.15, 0.2) is 24.3 Å². The molecule has 3 rings (SSSR count). The fourth-order valence-corrected chi connectivity index (χ4v) is 2.37. The molecule has 1 aromatic heterocycles. The first-order valence-electron chi connectivity index (χ1n) is 7.10. The molecule has 1 aromatic carbocycles. The molecule has 2 heterocycles. The summed E-state index contributed by atoms with van der Waals surface area (Å²) in [7, 11) is 0. The molecular formula is C14H17F2N5O. The molecule has 0 atom stereocenters. The van der Waals surface area contributed by atoms with E-state index < -0.39 is 5.92 Å². The third kappa shape index (κ3) is 3.28. The van der Waals surface area contributed by atoms with Crippen molar-refractivity contribution >= 4 is 0 Å². The zero-order chi connectivity index (χ0) is 15.6. The van der Waals surface area contributed by atoms with Crippen LogP contribution in [0.5, 0.6) is 0 Å². The smallest absolute Gasteiger partial charge is 0.270 e. The number of morpholine rings is 1. The highest BCUT2D eigenvalue weighted by Crippen LogP contribution is 2.28. The van der Waals surface area contributed by atoms with Gasteiger partial charge < -0.3 is 4.74 Å². The van der Waals surface area contributed by atoms with Gasteiger partial charge in [-0.15, -0.1) is 5.10 Å². The highest BCUT2D eigenvalue weighted by atomic mass is 19.3. The zero-order valence-corrected chi connectivity index (χ0v) is 12.2. The van der Waals surface area contributed by atoms with E-state index in [9.17, 15) is 8.78 Å². The lowest BCUT2D eigenvalue weighted by Crippen LogP contribution is -2.36. The molecule has 6 nitrogen and oxygen atoms in total. The quantitative estimate of drug-likeness (QED) is 0.859. The van der Waals surface area contributed by atoms with E-state index in [2.05, 4.69) is 20.4 Å². The SMILES string of the molecule is CC(F)(F)c1cccc(-n2nnnc2CN2CCOCC2)c1. The number of nitrogens with zero attached hydrogens (tertiary/aromatic N) is 5. The van der Waals surface area contributed by atoms with Crippen LogP contribution in [0.25, 0.3) is 5.69 Å². The zero-order valence-electron chi connectivity index (χ0n) is 12.2. The van der Waals surface area contributed by atoms with Gasteiger partial charge in [0.1, 0.15) is 0 Å². The lowest BCUT2D eigenvalue weighted by molar-refractivity contribution is 0.0174. The van der Waals surface area contributed by atoms with Gasteiger partial charge in [-0.3, -0.25) is 4.90 Å². The van der Waals surface area contributed by atoms with E-state index in [4.69, 9.17) is 4.74 Å². The van der Waals surface area contributed by atoms with Crippen LogP contribution in [-0.4, -0.2) is 51.4 Å². The third-order valence-corrected chi connectivity index (χ3v) is 3.60. The average molecular weight is 309 g/mol. The highest BCUT2D eigenvalue weighted by molar-refractivity contribution is 5.37. The van der Waals surface area contributed by atoms with Crippen LogP contribution in [0.4, 0.5) is 8.78 Å². The minimum atomic E-state index is -2.89. The number of aromatic nitrogens is 4. The number of tetrazole rings is 1. The molecule has 2 aromatic rings. The lowest BCUT2D eigenvalue weighted by Gasteiger charge is -2.25. The molecule has 0 unspecified atom stereocenters. The number of rotatable bonds is 4. The normalized spacial score (nSPS) is 16.9. The van der Waals surface area contributed by atoms with Crippen molar-refractivity contribution in [1.82, 2.24) is 25.1 Å². The summed E-state index contributed by atoms with van der Waals surface area (Å²) in [6.45, 7) is 4.40. The number of hydrogen-bond acceptors (Lipinski definition) is 5. The summed E-state index contributed by atoms with van der Waals surface area (Å²) in [5, 5.41) is 11.6. The Morgan fingerprint density at radius 1 is 1.27 bits per heavy atom. The molecule has 0 N–H and O–H groups in total. The summed E-state index contributed by atoms with van der Waals surface area (Å²) in [6, 6.07) is 6.12. The van der Waals surface area contributed by atoms with Gasteiger partial charge in [0.25, 0.3) is 5.92 Å². The van der Waals surface area contributed by atoms with E-state index >= 15 is 0 Å². The Morgan fingerprint density at radius 2 is 2.05 bits per heavy atom. The van der Waals surface area contributed by atoms with Crippen molar-refractivity contribution in [3.63, 3.8) is 0 Å². The van der Waals surface area contributed by atoms with Crippen molar-refractivity contribution in [1.29, 1.82) is 0 Å². The average Bonchev–Trinajstić information content (AvgIpc) is 2.96. The van der Waals surface area contributed by atoms with E-state index in [0.29, 0.717) is 31.3 Å². The summed E-state index contributed by atoms with van der Waals surface area (Å²) in [5.41, 5.74) is 0.477. The molecule has 0 saturated carbocycles. The summed E-state index contributed by atoms with van der Waals surface area (Å²) in [6.07, 6.45) is 0. The fraction of sp³-hybridized carbons (Fsp3) is 0.500. The molecule has 0 aliphatic carbocycles. The van der Waals surface area contributed by atoms with Gasteiger partial charge in [0.15, 0.2) is 5.82 Å². The van der Waals surface area contributed by atoms with Gasteiger partial charge in [0.05, 0.1) is 25.4 Å². The summed E-state index contributed by atoms with van der Waals surface area (Å²) >= 11 is 0. The predicted octanol–water partition coefficient (Wildman–Crippen LogP) is 1.61. The Balaban J connectivity index is 1.85. The fourth-order valence-electron chi connectivity index (χ4n) is 2.37. The molecule has 1 aliphatic rings. The maximum atomic E-state index is 13.5. The number of halogens is 2. The summed E-state index contributed by atoms with van der Waals surface area (Å²) in [4.78, 5) is 2.17. The first-order chi connectivity index (χ1) is 10.5. The Bertz CT molecular complexity index is 634. The molecule has 0 bridgehead atoms. The van der Waals surface area contributed by atoms with Crippen molar-refractivity contribution in [2.45, 2.75) is 19.4 Å². The Morgan fingerprint density at radius 3 is 2.77 bits per heavy atom. The summed E-state index contributed by atoms with van der Waals surface area (Å²) in [5.74, 6) is -2.27. The van der Waals surface area contributed by atoms with Crippen molar-refractivity contribution in [2.24, 2.45) is 0 Å². The van der Waals surface area contributed by atoms with Gasteiger partial charge in [-0.1, -0.05) is 12.1 Å². The van der Waals surface area contributed by atoms with Crippen molar-refractivity contribution in [3.8, 4) is 5.69 Å². The minimum absolute atomic E-state index is 0.0576. The van der Waals surface area contributed by atoms with Crippen LogP contribution in [0.2, 0.25) is 0 Å². The molecule has 22 heavy (non-hydrogen) atoms. The van der Waals surface area contributed by atoms with Gasteiger partial charge in [-0.05, 0) is 22.6 Å². The van der Waals surface area contributed by atoms with Crippen LogP contribution in [-0.2, 0) is 17.2 Å². The van der Waals surface area contributed by atoms with E-state index in [0.717, 1.165) is 20.0 Å². The molecule has 0 radical (unpaired) electrons. The second-order valence-electron chi connectivity index (χ2n) is 5.33. The van der Waals surface area contributed by atoms with Crippen molar-refractivity contribution in [3.05, 3.63) is 35.7 Å². The third-order valence-electron chi connectivity index (χ3n) is 3.60. The lowest BCUT2D eigenvalue weighted by atomic mass is 10.1. The van der Waals surface area contributed by atoms with Gasteiger partial charge >= 0.3 is 0 Å². The second-order valence-corrected chi connectivity index (χ2v) is 5.33. The van der Waals surface area contributed by atoms with Crippen LogP contribution in [0.3, 0.4) is 0 Å². The van der Waals surface area contributed by atoms with E-state index in [-0.39, 0.29) is 5.56 Å². The van der Waals surface area contributed by atoms with Gasteiger partial charge in [0.2, 0.25) is 0 Å². The number of alkyl halides is 2. The molecule has 1 fully saturated rings. The molecule has 118 valence electrons. The Hall–Kier alpha value is -1.93. The van der Waals surface area contributed by atoms with Gasteiger partial charge in [-0.2, -0.15) is 4.68 Å². The monoisotopic (exact) mass is 309 g/mol. The number of hydrogen-bond donors (Lipinski definition) is 0. The second kappa shape index (κ2) is 6.05. The molecule has 1 aliphatic heterocycles. The Kier molecular flexibility index (Phi) is 4.12. The highest BCUT2D eigenvalue weighted by Gasteiger charge is 2.25. The van der Waals surface area contributed by atoms with E-state index in [1.165, 1.54) is 16.8 Å². The van der Waals surface area contributed by atoms with Crippen LogP contribution >= 0.6 is 0 Å². The molecule has 1 saturated heterocycles. The Labute approximate surface area is 126 Å². The maximum Gasteiger partial charge on any atom is 0.270 e. The first-order valence-corrected chi connectivity index (χ1v) is 7.10. The van der Waals surface area contributed by atoms with Crippen LogP contribution in [0, 0.1) is 0 Å². The minimum Gasteiger partial charge on any atom is -0.379 e. The van der Waals surface area contributed by atoms with Crippen LogP contribution in [0.1, 0.15) is 18.3 Å². The predicted molar refractivity (Wildman–Crippen MR) is 74.8 cm³/mol. The topological polar surface area (TPSA) is 56.1 Å². The molecule has 0 spiro atoms. The number of ether oxygens (including phenoxy) is 1.